The monoisotopic (exact) mass is 249 g/mol. The molecule has 0 rings (SSSR count). The number of nitrogens with one attached hydrogen (secondary N) is 1. The molecule has 2 unspecified atom stereocenters. The molecule has 0 aromatic carbocycles. The highest BCUT2D eigenvalue weighted by Gasteiger charge is 2.14. The smallest absolute Gasteiger partial charge is 0.0615 e. The molecule has 0 amide bonds. The molecule has 3 nitrogen and oxygen atoms in total. The number of hydrogen-bond donors (Lipinski definition) is 2. The van der Waals surface area contributed by atoms with Crippen molar-refractivity contribution >= 4 is 11.8 Å². The summed E-state index contributed by atoms with van der Waals surface area (Å²) in [6.07, 6.45) is 6.53. The van der Waals surface area contributed by atoms with Gasteiger partial charge in [-0.2, -0.15) is 11.8 Å². The number of aliphatic hydroxyl groups excluding tert-OH is 1. The van der Waals surface area contributed by atoms with E-state index in [0.717, 1.165) is 25.2 Å². The molecule has 16 heavy (non-hydrogen) atoms. The van der Waals surface area contributed by atoms with Gasteiger partial charge in [0.15, 0.2) is 0 Å². The van der Waals surface area contributed by atoms with Crippen molar-refractivity contribution in [3.05, 3.63) is 0 Å². The van der Waals surface area contributed by atoms with Crippen LogP contribution in [0.5, 0.6) is 0 Å². The zero-order valence-electron chi connectivity index (χ0n) is 10.9. The molecule has 0 saturated carbocycles. The lowest BCUT2D eigenvalue weighted by Gasteiger charge is -2.24. The fraction of sp³-hybridized carbons (Fsp3) is 1.00. The molecule has 0 bridgehead atoms. The van der Waals surface area contributed by atoms with Gasteiger partial charge in [0.2, 0.25) is 0 Å². The third-order valence-corrected chi connectivity index (χ3v) is 3.33. The molecule has 0 aliphatic heterocycles. The van der Waals surface area contributed by atoms with Crippen molar-refractivity contribution in [2.45, 2.75) is 44.7 Å². The highest BCUT2D eigenvalue weighted by atomic mass is 32.2. The van der Waals surface area contributed by atoms with Crippen molar-refractivity contribution in [3.8, 4) is 0 Å². The molecule has 2 atom stereocenters. The molecule has 4 heteroatoms. The Balaban J connectivity index is 3.98. The van der Waals surface area contributed by atoms with Crippen LogP contribution >= 0.6 is 11.8 Å². The van der Waals surface area contributed by atoms with E-state index in [2.05, 4.69) is 18.5 Å². The number of thioether (sulfide) groups is 1. The lowest BCUT2D eigenvalue weighted by atomic mass is 10.1. The van der Waals surface area contributed by atoms with E-state index in [1.165, 1.54) is 12.8 Å². The first-order valence-corrected chi connectivity index (χ1v) is 7.52. The summed E-state index contributed by atoms with van der Waals surface area (Å²) in [7, 11) is 1.75. The first-order chi connectivity index (χ1) is 7.78. The zero-order chi connectivity index (χ0) is 12.2. The van der Waals surface area contributed by atoms with Gasteiger partial charge < -0.3 is 15.2 Å². The normalized spacial score (nSPS) is 15.0. The average molecular weight is 249 g/mol. The Morgan fingerprint density at radius 3 is 2.56 bits per heavy atom. The lowest BCUT2D eigenvalue weighted by molar-refractivity contribution is 0.152. The second-order valence-electron chi connectivity index (χ2n) is 4.13. The maximum atomic E-state index is 9.00. The topological polar surface area (TPSA) is 41.5 Å². The van der Waals surface area contributed by atoms with Crippen molar-refractivity contribution in [2.24, 2.45) is 0 Å². The van der Waals surface area contributed by atoms with Gasteiger partial charge in [-0.05, 0) is 19.1 Å². The average Bonchev–Trinajstić information content (AvgIpc) is 2.27. The van der Waals surface area contributed by atoms with Crippen LogP contribution in [0.25, 0.3) is 0 Å². The molecule has 0 aromatic heterocycles. The predicted molar refractivity (Wildman–Crippen MR) is 72.2 cm³/mol. The standard InChI is InChI=1S/C12H27NO2S/c1-4-5-6-11(9-15-2)13-12(7-8-14)10-16-3/h11-14H,4-10H2,1-3H3. The van der Waals surface area contributed by atoms with Crippen molar-refractivity contribution in [1.82, 2.24) is 5.32 Å². The van der Waals surface area contributed by atoms with Gasteiger partial charge in [0.05, 0.1) is 6.61 Å². The van der Waals surface area contributed by atoms with Gasteiger partial charge in [0.25, 0.3) is 0 Å². The Morgan fingerprint density at radius 2 is 2.06 bits per heavy atom. The molecular weight excluding hydrogens is 222 g/mol. The van der Waals surface area contributed by atoms with Gasteiger partial charge in [-0.3, -0.25) is 0 Å². The Morgan fingerprint density at radius 1 is 1.31 bits per heavy atom. The number of unbranched alkanes of at least 4 members (excludes halogenated alkanes) is 1. The van der Waals surface area contributed by atoms with E-state index in [9.17, 15) is 0 Å². The number of rotatable bonds is 11. The SMILES string of the molecule is CCCCC(COC)NC(CCO)CSC. The van der Waals surface area contributed by atoms with Gasteiger partial charge in [0, 0.05) is 31.6 Å². The molecule has 0 spiro atoms. The summed E-state index contributed by atoms with van der Waals surface area (Å²) in [6.45, 7) is 3.22. The number of methoxy groups -OCH3 is 1. The van der Waals surface area contributed by atoms with Crippen LogP contribution in [-0.2, 0) is 4.74 Å². The third-order valence-electron chi connectivity index (χ3n) is 2.59. The van der Waals surface area contributed by atoms with Gasteiger partial charge in [0.1, 0.15) is 0 Å². The summed E-state index contributed by atoms with van der Waals surface area (Å²) >= 11 is 1.82. The largest absolute Gasteiger partial charge is 0.396 e. The van der Waals surface area contributed by atoms with Gasteiger partial charge in [-0.15, -0.1) is 0 Å². The van der Waals surface area contributed by atoms with Crippen LogP contribution in [0.1, 0.15) is 32.6 Å². The molecule has 0 aromatic rings. The summed E-state index contributed by atoms with van der Waals surface area (Å²) in [4.78, 5) is 0. The van der Waals surface area contributed by atoms with Crippen LogP contribution in [0, 0.1) is 0 Å². The van der Waals surface area contributed by atoms with E-state index in [4.69, 9.17) is 9.84 Å². The summed E-state index contributed by atoms with van der Waals surface area (Å²) in [5.74, 6) is 1.05. The first kappa shape index (κ1) is 16.2. The summed E-state index contributed by atoms with van der Waals surface area (Å²) in [6, 6.07) is 0.825. The Kier molecular flexibility index (Phi) is 11.9. The van der Waals surface area contributed by atoms with E-state index >= 15 is 0 Å². The molecule has 0 saturated heterocycles. The summed E-state index contributed by atoms with van der Waals surface area (Å²) in [5, 5.41) is 12.6. The Hall–Kier alpha value is 0.230. The number of aliphatic hydroxyl groups is 1. The Labute approximate surface area is 104 Å². The minimum atomic E-state index is 0.256. The fourth-order valence-corrected chi connectivity index (χ4v) is 2.44. The molecular formula is C12H27NO2S. The van der Waals surface area contributed by atoms with Crippen molar-refractivity contribution in [1.29, 1.82) is 0 Å². The molecule has 0 aliphatic carbocycles. The predicted octanol–water partition coefficient (Wildman–Crippen LogP) is 1.90. The minimum absolute atomic E-state index is 0.256. The van der Waals surface area contributed by atoms with Crippen LogP contribution in [0.15, 0.2) is 0 Å². The lowest BCUT2D eigenvalue weighted by Crippen LogP contribution is -2.42. The van der Waals surface area contributed by atoms with Crippen molar-refractivity contribution in [3.63, 3.8) is 0 Å². The van der Waals surface area contributed by atoms with Gasteiger partial charge in [-0.1, -0.05) is 19.8 Å². The first-order valence-electron chi connectivity index (χ1n) is 6.13. The van der Waals surface area contributed by atoms with E-state index in [1.807, 2.05) is 11.8 Å². The van der Waals surface area contributed by atoms with E-state index in [-0.39, 0.29) is 6.61 Å². The van der Waals surface area contributed by atoms with Crippen molar-refractivity contribution < 1.29 is 9.84 Å². The van der Waals surface area contributed by atoms with E-state index in [0.29, 0.717) is 12.1 Å². The zero-order valence-corrected chi connectivity index (χ0v) is 11.7. The molecule has 98 valence electrons. The van der Waals surface area contributed by atoms with Crippen molar-refractivity contribution in [2.75, 3.05) is 32.3 Å². The highest BCUT2D eigenvalue weighted by molar-refractivity contribution is 7.98. The summed E-state index contributed by atoms with van der Waals surface area (Å²) < 4.78 is 5.23. The van der Waals surface area contributed by atoms with Crippen LogP contribution in [0.2, 0.25) is 0 Å². The van der Waals surface area contributed by atoms with Crippen LogP contribution in [0.3, 0.4) is 0 Å². The molecule has 0 heterocycles. The second-order valence-corrected chi connectivity index (χ2v) is 5.04. The highest BCUT2D eigenvalue weighted by Crippen LogP contribution is 2.07. The van der Waals surface area contributed by atoms with Gasteiger partial charge in [-0.25, -0.2) is 0 Å². The molecule has 0 radical (unpaired) electrons. The van der Waals surface area contributed by atoms with Crippen LogP contribution < -0.4 is 5.32 Å². The van der Waals surface area contributed by atoms with Crippen LogP contribution in [-0.4, -0.2) is 49.5 Å². The Bertz CT molecular complexity index is 141. The van der Waals surface area contributed by atoms with Crippen LogP contribution in [0.4, 0.5) is 0 Å². The fourth-order valence-electron chi connectivity index (χ4n) is 1.77. The van der Waals surface area contributed by atoms with Gasteiger partial charge >= 0.3 is 0 Å². The maximum absolute atomic E-state index is 9.00. The second kappa shape index (κ2) is 11.7. The summed E-state index contributed by atoms with van der Waals surface area (Å²) in [5.41, 5.74) is 0. The number of hydrogen-bond acceptors (Lipinski definition) is 4. The minimum Gasteiger partial charge on any atom is -0.396 e. The molecule has 0 aliphatic rings. The number of ether oxygens (including phenoxy) is 1. The maximum Gasteiger partial charge on any atom is 0.0615 e. The molecule has 2 N–H and O–H groups in total. The van der Waals surface area contributed by atoms with E-state index in [1.54, 1.807) is 7.11 Å². The quantitative estimate of drug-likeness (QED) is 0.587. The third kappa shape index (κ3) is 8.39. The van der Waals surface area contributed by atoms with E-state index < -0.39 is 0 Å². The molecule has 0 fully saturated rings.